The Morgan fingerprint density at radius 3 is 2.64 bits per heavy atom. The SMILES string of the molecule is OB(O)C1=CC=CC(O)C=C1. The highest BCUT2D eigenvalue weighted by Gasteiger charge is 2.11. The second-order valence-electron chi connectivity index (χ2n) is 2.27. The lowest BCUT2D eigenvalue weighted by atomic mass is 9.79. The Bertz CT molecular complexity index is 218. The molecule has 1 aliphatic carbocycles. The molecule has 0 saturated heterocycles. The number of aliphatic hydroxyl groups excluding tert-OH is 1. The van der Waals surface area contributed by atoms with E-state index in [-0.39, 0.29) is 0 Å². The molecule has 0 bridgehead atoms. The Kier molecular flexibility index (Phi) is 2.65. The molecule has 0 radical (unpaired) electrons. The first kappa shape index (κ1) is 8.26. The summed E-state index contributed by atoms with van der Waals surface area (Å²) in [6, 6.07) is 0. The third kappa shape index (κ3) is 2.34. The van der Waals surface area contributed by atoms with Crippen molar-refractivity contribution in [1.82, 2.24) is 0 Å². The normalized spacial score (nSPS) is 22.8. The van der Waals surface area contributed by atoms with Crippen molar-refractivity contribution in [2.75, 3.05) is 0 Å². The van der Waals surface area contributed by atoms with Crippen LogP contribution in [0.4, 0.5) is 0 Å². The molecule has 3 nitrogen and oxygen atoms in total. The van der Waals surface area contributed by atoms with Gasteiger partial charge in [0.15, 0.2) is 0 Å². The minimum atomic E-state index is -1.47. The molecule has 3 N–H and O–H groups in total. The standard InChI is InChI=1S/C7H9BO3/c9-7-3-1-2-6(4-5-7)8(10)11/h1-5,7,9-11H. The van der Waals surface area contributed by atoms with Crippen LogP contribution in [0.3, 0.4) is 0 Å². The quantitative estimate of drug-likeness (QED) is 0.440. The van der Waals surface area contributed by atoms with Gasteiger partial charge in [0.25, 0.3) is 0 Å². The van der Waals surface area contributed by atoms with Crippen molar-refractivity contribution in [2.24, 2.45) is 0 Å². The maximum Gasteiger partial charge on any atom is 0.488 e. The largest absolute Gasteiger partial charge is 0.488 e. The van der Waals surface area contributed by atoms with Crippen LogP contribution in [0.5, 0.6) is 0 Å². The van der Waals surface area contributed by atoms with Gasteiger partial charge in [0, 0.05) is 0 Å². The van der Waals surface area contributed by atoms with Gasteiger partial charge >= 0.3 is 7.12 Å². The van der Waals surface area contributed by atoms with E-state index in [0.717, 1.165) is 0 Å². The molecule has 58 valence electrons. The van der Waals surface area contributed by atoms with Crippen molar-refractivity contribution < 1.29 is 15.2 Å². The second kappa shape index (κ2) is 3.53. The average molecular weight is 152 g/mol. The van der Waals surface area contributed by atoms with E-state index in [1.165, 1.54) is 18.2 Å². The van der Waals surface area contributed by atoms with Gasteiger partial charge in [0.2, 0.25) is 0 Å². The van der Waals surface area contributed by atoms with Gasteiger partial charge in [-0.1, -0.05) is 30.4 Å². The molecule has 1 atom stereocenters. The van der Waals surface area contributed by atoms with Gasteiger partial charge in [-0.05, 0) is 5.47 Å². The van der Waals surface area contributed by atoms with Crippen molar-refractivity contribution in [3.05, 3.63) is 35.9 Å². The van der Waals surface area contributed by atoms with Gasteiger partial charge in [-0.3, -0.25) is 0 Å². The Morgan fingerprint density at radius 1 is 1.27 bits per heavy atom. The monoisotopic (exact) mass is 152 g/mol. The molecule has 0 aliphatic heterocycles. The highest BCUT2D eigenvalue weighted by atomic mass is 16.4. The lowest BCUT2D eigenvalue weighted by Crippen LogP contribution is -2.13. The minimum Gasteiger partial charge on any atom is -0.423 e. The third-order valence-corrected chi connectivity index (χ3v) is 1.38. The summed E-state index contributed by atoms with van der Waals surface area (Å²) in [5.41, 5.74) is 0.373. The van der Waals surface area contributed by atoms with Crippen molar-refractivity contribution in [2.45, 2.75) is 6.10 Å². The molecule has 0 heterocycles. The van der Waals surface area contributed by atoms with Crippen molar-refractivity contribution in [3.63, 3.8) is 0 Å². The molecule has 0 fully saturated rings. The van der Waals surface area contributed by atoms with E-state index in [0.29, 0.717) is 5.47 Å². The molecule has 11 heavy (non-hydrogen) atoms. The number of allylic oxidation sites excluding steroid dienone is 4. The molecular formula is C7H9BO3. The Labute approximate surface area is 65.1 Å². The topological polar surface area (TPSA) is 60.7 Å². The van der Waals surface area contributed by atoms with Gasteiger partial charge in [0.05, 0.1) is 6.10 Å². The van der Waals surface area contributed by atoms with E-state index in [1.807, 2.05) is 0 Å². The molecule has 0 aromatic rings. The fourth-order valence-electron chi connectivity index (χ4n) is 0.782. The Morgan fingerprint density at radius 2 is 2.00 bits per heavy atom. The van der Waals surface area contributed by atoms with E-state index in [4.69, 9.17) is 15.2 Å². The number of hydrogen-bond acceptors (Lipinski definition) is 3. The Balaban J connectivity index is 2.76. The first-order valence-corrected chi connectivity index (χ1v) is 3.31. The molecule has 4 heteroatoms. The minimum absolute atomic E-state index is 0.373. The Hall–Kier alpha value is -0.835. The van der Waals surface area contributed by atoms with Crippen molar-refractivity contribution in [1.29, 1.82) is 0 Å². The maximum absolute atomic E-state index is 9.02. The molecule has 1 aliphatic rings. The summed E-state index contributed by atoms with van der Waals surface area (Å²) < 4.78 is 0. The van der Waals surface area contributed by atoms with Gasteiger partial charge in [0.1, 0.15) is 0 Å². The summed E-state index contributed by atoms with van der Waals surface area (Å²) in [5, 5.41) is 26.4. The van der Waals surface area contributed by atoms with Crippen LogP contribution in [0, 0.1) is 0 Å². The van der Waals surface area contributed by atoms with E-state index in [2.05, 4.69) is 0 Å². The van der Waals surface area contributed by atoms with Crippen molar-refractivity contribution in [3.8, 4) is 0 Å². The van der Waals surface area contributed by atoms with Gasteiger partial charge in [-0.25, -0.2) is 0 Å². The summed E-state index contributed by atoms with van der Waals surface area (Å²) in [5.74, 6) is 0. The molecule has 0 aromatic carbocycles. The van der Waals surface area contributed by atoms with Crippen LogP contribution in [0.15, 0.2) is 35.9 Å². The highest BCUT2D eigenvalue weighted by molar-refractivity contribution is 6.51. The summed E-state index contributed by atoms with van der Waals surface area (Å²) in [4.78, 5) is 0. The number of aliphatic hydroxyl groups is 1. The molecule has 1 unspecified atom stereocenters. The summed E-state index contributed by atoms with van der Waals surface area (Å²) in [7, 11) is -1.47. The lowest BCUT2D eigenvalue weighted by Gasteiger charge is -1.96. The fraction of sp³-hybridized carbons (Fsp3) is 0.143. The molecule has 0 amide bonds. The zero-order chi connectivity index (χ0) is 8.27. The number of rotatable bonds is 1. The lowest BCUT2D eigenvalue weighted by molar-refractivity contribution is 0.272. The van der Waals surface area contributed by atoms with E-state index < -0.39 is 13.2 Å². The van der Waals surface area contributed by atoms with E-state index in [9.17, 15) is 0 Å². The van der Waals surface area contributed by atoms with Gasteiger partial charge in [-0.2, -0.15) is 0 Å². The van der Waals surface area contributed by atoms with Crippen LogP contribution >= 0.6 is 0 Å². The van der Waals surface area contributed by atoms with Crippen LogP contribution in [-0.2, 0) is 0 Å². The molecule has 0 saturated carbocycles. The van der Waals surface area contributed by atoms with Gasteiger partial charge < -0.3 is 15.2 Å². The smallest absolute Gasteiger partial charge is 0.423 e. The third-order valence-electron chi connectivity index (χ3n) is 1.38. The zero-order valence-electron chi connectivity index (χ0n) is 5.88. The second-order valence-corrected chi connectivity index (χ2v) is 2.27. The highest BCUT2D eigenvalue weighted by Crippen LogP contribution is 2.05. The fourth-order valence-corrected chi connectivity index (χ4v) is 0.782. The average Bonchev–Trinajstić information content (AvgIpc) is 2.13. The van der Waals surface area contributed by atoms with Crippen LogP contribution in [0.2, 0.25) is 0 Å². The molecule has 1 rings (SSSR count). The first-order valence-electron chi connectivity index (χ1n) is 3.31. The number of hydrogen-bond donors (Lipinski definition) is 3. The molecule has 0 spiro atoms. The maximum atomic E-state index is 9.02. The zero-order valence-corrected chi connectivity index (χ0v) is 5.88. The van der Waals surface area contributed by atoms with Crippen LogP contribution in [-0.4, -0.2) is 28.4 Å². The summed E-state index contributed by atoms with van der Waals surface area (Å²) >= 11 is 0. The van der Waals surface area contributed by atoms with Crippen molar-refractivity contribution >= 4 is 7.12 Å². The van der Waals surface area contributed by atoms with E-state index >= 15 is 0 Å². The summed E-state index contributed by atoms with van der Waals surface area (Å²) in [6.45, 7) is 0. The van der Waals surface area contributed by atoms with Crippen LogP contribution in [0.1, 0.15) is 0 Å². The molecule has 0 aromatic heterocycles. The van der Waals surface area contributed by atoms with Crippen LogP contribution < -0.4 is 0 Å². The van der Waals surface area contributed by atoms with Gasteiger partial charge in [-0.15, -0.1) is 0 Å². The predicted molar refractivity (Wildman–Crippen MR) is 42.6 cm³/mol. The first-order chi connectivity index (χ1) is 5.20. The van der Waals surface area contributed by atoms with E-state index in [1.54, 1.807) is 12.2 Å². The molecular weight excluding hydrogens is 143 g/mol. The predicted octanol–water partition coefficient (Wildman–Crippen LogP) is -0.588. The van der Waals surface area contributed by atoms with Crippen LogP contribution in [0.25, 0.3) is 0 Å². The summed E-state index contributed by atoms with van der Waals surface area (Å²) in [6.07, 6.45) is 7.00.